The zero-order valence-electron chi connectivity index (χ0n) is 7.14. The van der Waals surface area contributed by atoms with Gasteiger partial charge in [0, 0.05) is 6.20 Å². The maximum Gasteiger partial charge on any atom is 0.337 e. The summed E-state index contributed by atoms with van der Waals surface area (Å²) < 4.78 is 0. The third-order valence-electron chi connectivity index (χ3n) is 1.80. The van der Waals surface area contributed by atoms with Gasteiger partial charge in [0.25, 0.3) is 0 Å². The lowest BCUT2D eigenvalue weighted by Crippen LogP contribution is -1.98. The van der Waals surface area contributed by atoms with Crippen LogP contribution in [-0.2, 0) is 0 Å². The molecule has 2 aromatic heterocycles. The largest absolute Gasteiger partial charge is 0.478 e. The Bertz CT molecular complexity index is 510. The van der Waals surface area contributed by atoms with Crippen LogP contribution in [0.5, 0.6) is 0 Å². The number of rotatable bonds is 1. The number of fused-ring (bicyclic) bond motifs is 1. The van der Waals surface area contributed by atoms with Crippen LogP contribution in [0.1, 0.15) is 10.4 Å². The van der Waals surface area contributed by atoms with Crippen LogP contribution >= 0.6 is 0 Å². The summed E-state index contributed by atoms with van der Waals surface area (Å²) >= 11 is 0. The van der Waals surface area contributed by atoms with E-state index in [9.17, 15) is 4.79 Å². The van der Waals surface area contributed by atoms with Gasteiger partial charge < -0.3 is 10.8 Å². The highest BCUT2D eigenvalue weighted by Crippen LogP contribution is 2.13. The standard InChI is InChI=1S/C9H7N3O2/c10-6-2-8-7(12-4-6)1-5(3-11-8)9(13)14/h1-4H,10H2,(H,13,14). The van der Waals surface area contributed by atoms with Gasteiger partial charge in [-0.2, -0.15) is 0 Å². The number of nitrogen functional groups attached to an aromatic ring is 1. The van der Waals surface area contributed by atoms with Crippen molar-refractivity contribution in [1.29, 1.82) is 0 Å². The van der Waals surface area contributed by atoms with Gasteiger partial charge in [-0.15, -0.1) is 0 Å². The second-order valence-electron chi connectivity index (χ2n) is 2.84. The van der Waals surface area contributed by atoms with Crippen LogP contribution in [0.2, 0.25) is 0 Å². The predicted molar refractivity (Wildman–Crippen MR) is 50.9 cm³/mol. The molecule has 0 fully saturated rings. The van der Waals surface area contributed by atoms with Crippen LogP contribution < -0.4 is 5.73 Å². The van der Waals surface area contributed by atoms with E-state index in [0.29, 0.717) is 16.7 Å². The molecule has 0 aliphatic carbocycles. The molecule has 0 saturated heterocycles. The number of anilines is 1. The van der Waals surface area contributed by atoms with Crippen molar-refractivity contribution in [3.8, 4) is 0 Å². The molecule has 14 heavy (non-hydrogen) atoms. The van der Waals surface area contributed by atoms with E-state index in [0.717, 1.165) is 0 Å². The summed E-state index contributed by atoms with van der Waals surface area (Å²) in [6, 6.07) is 3.11. The molecule has 5 heteroatoms. The molecule has 0 spiro atoms. The van der Waals surface area contributed by atoms with E-state index >= 15 is 0 Å². The van der Waals surface area contributed by atoms with Crippen molar-refractivity contribution >= 4 is 22.7 Å². The molecule has 0 bridgehead atoms. The third kappa shape index (κ3) is 1.35. The highest BCUT2D eigenvalue weighted by molar-refractivity contribution is 5.91. The van der Waals surface area contributed by atoms with Crippen LogP contribution in [0.15, 0.2) is 24.5 Å². The highest BCUT2D eigenvalue weighted by atomic mass is 16.4. The molecular weight excluding hydrogens is 182 g/mol. The summed E-state index contributed by atoms with van der Waals surface area (Å²) in [7, 11) is 0. The van der Waals surface area contributed by atoms with E-state index in [1.165, 1.54) is 18.5 Å². The Labute approximate surface area is 79.2 Å². The fraction of sp³-hybridized carbons (Fsp3) is 0. The van der Waals surface area contributed by atoms with Crippen molar-refractivity contribution in [2.24, 2.45) is 0 Å². The molecule has 2 rings (SSSR count). The Hall–Kier alpha value is -2.17. The number of carboxylic acid groups (broad SMARTS) is 1. The van der Waals surface area contributed by atoms with Gasteiger partial charge in [-0.1, -0.05) is 0 Å². The predicted octanol–water partition coefficient (Wildman–Crippen LogP) is 0.910. The Balaban J connectivity index is 2.67. The summed E-state index contributed by atoms with van der Waals surface area (Å²) in [4.78, 5) is 18.5. The zero-order valence-corrected chi connectivity index (χ0v) is 7.14. The maximum atomic E-state index is 10.6. The summed E-state index contributed by atoms with van der Waals surface area (Å²) in [5.41, 5.74) is 7.25. The van der Waals surface area contributed by atoms with Gasteiger partial charge in [0.05, 0.1) is 28.5 Å². The number of nitrogens with zero attached hydrogens (tertiary/aromatic N) is 2. The molecule has 2 heterocycles. The van der Waals surface area contributed by atoms with Gasteiger partial charge in [0.2, 0.25) is 0 Å². The lowest BCUT2D eigenvalue weighted by atomic mass is 10.2. The average Bonchev–Trinajstić information content (AvgIpc) is 2.16. The summed E-state index contributed by atoms with van der Waals surface area (Å²) in [6.45, 7) is 0. The first kappa shape index (κ1) is 8.43. The molecule has 0 amide bonds. The van der Waals surface area contributed by atoms with Crippen molar-refractivity contribution in [3.63, 3.8) is 0 Å². The Morgan fingerprint density at radius 3 is 2.57 bits per heavy atom. The fourth-order valence-electron chi connectivity index (χ4n) is 1.13. The Morgan fingerprint density at radius 2 is 1.86 bits per heavy atom. The van der Waals surface area contributed by atoms with Gasteiger partial charge in [0.15, 0.2) is 0 Å². The van der Waals surface area contributed by atoms with Gasteiger partial charge >= 0.3 is 5.97 Å². The smallest absolute Gasteiger partial charge is 0.337 e. The third-order valence-corrected chi connectivity index (χ3v) is 1.80. The Morgan fingerprint density at radius 1 is 1.21 bits per heavy atom. The van der Waals surface area contributed by atoms with E-state index in [1.807, 2.05) is 0 Å². The lowest BCUT2D eigenvalue weighted by Gasteiger charge is -1.98. The number of carbonyl (C=O) groups is 1. The van der Waals surface area contributed by atoms with Crippen LogP contribution in [0.3, 0.4) is 0 Å². The number of aromatic carboxylic acids is 1. The summed E-state index contributed by atoms with van der Waals surface area (Å²) in [5, 5.41) is 8.71. The van der Waals surface area contributed by atoms with Gasteiger partial charge in [-0.25, -0.2) is 4.79 Å². The summed E-state index contributed by atoms with van der Waals surface area (Å²) in [5.74, 6) is -1.02. The second kappa shape index (κ2) is 2.95. The zero-order chi connectivity index (χ0) is 10.1. The number of hydrogen-bond acceptors (Lipinski definition) is 4. The van der Waals surface area contributed by atoms with Gasteiger partial charge in [0.1, 0.15) is 0 Å². The molecular formula is C9H7N3O2. The van der Waals surface area contributed by atoms with E-state index < -0.39 is 5.97 Å². The second-order valence-corrected chi connectivity index (χ2v) is 2.84. The first-order valence-corrected chi connectivity index (χ1v) is 3.91. The van der Waals surface area contributed by atoms with Crippen molar-refractivity contribution in [3.05, 3.63) is 30.1 Å². The minimum Gasteiger partial charge on any atom is -0.478 e. The average molecular weight is 189 g/mol. The first-order chi connectivity index (χ1) is 6.66. The SMILES string of the molecule is Nc1cnc2cc(C(=O)O)cnc2c1. The van der Waals surface area contributed by atoms with Crippen LogP contribution in [-0.4, -0.2) is 21.0 Å². The monoisotopic (exact) mass is 189 g/mol. The number of nitrogens with two attached hydrogens (primary N) is 1. The van der Waals surface area contributed by atoms with E-state index in [-0.39, 0.29) is 5.56 Å². The molecule has 2 aromatic rings. The molecule has 0 saturated carbocycles. The molecule has 0 atom stereocenters. The topological polar surface area (TPSA) is 89.1 Å². The minimum atomic E-state index is -1.02. The highest BCUT2D eigenvalue weighted by Gasteiger charge is 2.05. The number of carboxylic acids is 1. The molecule has 70 valence electrons. The molecule has 0 aliphatic heterocycles. The van der Waals surface area contributed by atoms with Crippen LogP contribution in [0, 0.1) is 0 Å². The number of pyridine rings is 2. The normalized spacial score (nSPS) is 10.3. The van der Waals surface area contributed by atoms with Gasteiger partial charge in [-0.3, -0.25) is 9.97 Å². The number of aromatic nitrogens is 2. The van der Waals surface area contributed by atoms with E-state index in [1.54, 1.807) is 6.07 Å². The van der Waals surface area contributed by atoms with E-state index in [4.69, 9.17) is 10.8 Å². The lowest BCUT2D eigenvalue weighted by molar-refractivity contribution is 0.0696. The molecule has 0 aromatic carbocycles. The molecule has 3 N–H and O–H groups in total. The quantitative estimate of drug-likeness (QED) is 0.695. The molecule has 0 unspecified atom stereocenters. The summed E-state index contributed by atoms with van der Waals surface area (Å²) in [6.07, 6.45) is 2.75. The molecule has 5 nitrogen and oxygen atoms in total. The van der Waals surface area contributed by atoms with Crippen molar-refractivity contribution in [2.45, 2.75) is 0 Å². The van der Waals surface area contributed by atoms with Crippen molar-refractivity contribution in [2.75, 3.05) is 5.73 Å². The Kier molecular flexibility index (Phi) is 1.78. The maximum absolute atomic E-state index is 10.6. The van der Waals surface area contributed by atoms with E-state index in [2.05, 4.69) is 9.97 Å². The first-order valence-electron chi connectivity index (χ1n) is 3.91. The van der Waals surface area contributed by atoms with Crippen molar-refractivity contribution in [1.82, 2.24) is 9.97 Å². The number of hydrogen-bond donors (Lipinski definition) is 2. The van der Waals surface area contributed by atoms with Crippen LogP contribution in [0.4, 0.5) is 5.69 Å². The molecule has 0 radical (unpaired) electrons. The van der Waals surface area contributed by atoms with Crippen LogP contribution in [0.25, 0.3) is 11.0 Å². The van der Waals surface area contributed by atoms with Crippen molar-refractivity contribution < 1.29 is 9.90 Å². The van der Waals surface area contributed by atoms with Gasteiger partial charge in [-0.05, 0) is 12.1 Å². The molecule has 0 aliphatic rings. The fourth-order valence-corrected chi connectivity index (χ4v) is 1.13. The minimum absolute atomic E-state index is 0.120.